The van der Waals surface area contributed by atoms with Gasteiger partial charge in [-0.3, -0.25) is 9.80 Å². The molecule has 2 aliphatic heterocycles. The van der Waals surface area contributed by atoms with E-state index in [2.05, 4.69) is 44.2 Å². The lowest BCUT2D eigenvalue weighted by Gasteiger charge is -2.34. The SMILES string of the molecule is Cc1c(CN2CCC(Nc3ncnc4c3CN(CC(F)(F)F)CC4)CC2)ccc2[nH]c(C#N)cc12. The summed E-state index contributed by atoms with van der Waals surface area (Å²) >= 11 is 0. The van der Waals surface area contributed by atoms with E-state index in [0.29, 0.717) is 24.5 Å². The summed E-state index contributed by atoms with van der Waals surface area (Å²) in [5.74, 6) is 0.669. The maximum atomic E-state index is 12.9. The summed E-state index contributed by atoms with van der Waals surface area (Å²) in [5.41, 5.74) is 5.62. The van der Waals surface area contributed by atoms with Gasteiger partial charge in [-0.15, -0.1) is 0 Å². The zero-order valence-electron chi connectivity index (χ0n) is 19.6. The minimum Gasteiger partial charge on any atom is -0.367 e. The first-order valence-corrected chi connectivity index (χ1v) is 11.9. The number of nitrogens with zero attached hydrogens (tertiary/aromatic N) is 5. The molecule has 0 aliphatic carbocycles. The van der Waals surface area contributed by atoms with Crippen molar-refractivity contribution >= 4 is 16.7 Å². The number of aryl methyl sites for hydroxylation is 1. The van der Waals surface area contributed by atoms with Gasteiger partial charge in [0.05, 0.1) is 12.2 Å². The van der Waals surface area contributed by atoms with Crippen LogP contribution in [0.3, 0.4) is 0 Å². The molecule has 184 valence electrons. The van der Waals surface area contributed by atoms with Gasteiger partial charge < -0.3 is 10.3 Å². The first-order valence-electron chi connectivity index (χ1n) is 11.9. The first-order chi connectivity index (χ1) is 16.8. The second kappa shape index (κ2) is 9.47. The predicted octanol–water partition coefficient (Wildman–Crippen LogP) is 4.13. The maximum absolute atomic E-state index is 12.9. The Bertz CT molecular complexity index is 1250. The monoisotopic (exact) mass is 483 g/mol. The molecule has 10 heteroatoms. The third-order valence-corrected chi connectivity index (χ3v) is 7.11. The van der Waals surface area contributed by atoms with E-state index in [0.717, 1.165) is 54.6 Å². The Morgan fingerprint density at radius 2 is 1.97 bits per heavy atom. The van der Waals surface area contributed by atoms with Crippen molar-refractivity contribution in [1.82, 2.24) is 24.8 Å². The number of nitriles is 1. The van der Waals surface area contributed by atoms with Crippen LogP contribution < -0.4 is 5.32 Å². The summed E-state index contributed by atoms with van der Waals surface area (Å²) in [4.78, 5) is 15.7. The lowest BCUT2D eigenvalue weighted by atomic mass is 10.0. The maximum Gasteiger partial charge on any atom is 0.401 e. The number of alkyl halides is 3. The van der Waals surface area contributed by atoms with Crippen molar-refractivity contribution in [3.05, 3.63) is 52.6 Å². The van der Waals surface area contributed by atoms with Crippen LogP contribution in [0.1, 0.15) is 40.9 Å². The molecule has 1 aromatic carbocycles. The van der Waals surface area contributed by atoms with Crippen molar-refractivity contribution in [3.8, 4) is 6.07 Å². The quantitative estimate of drug-likeness (QED) is 0.568. The smallest absolute Gasteiger partial charge is 0.367 e. The molecule has 35 heavy (non-hydrogen) atoms. The molecule has 1 fully saturated rings. The highest BCUT2D eigenvalue weighted by atomic mass is 19.4. The lowest BCUT2D eigenvalue weighted by molar-refractivity contribution is -0.147. The average Bonchev–Trinajstić information content (AvgIpc) is 3.26. The van der Waals surface area contributed by atoms with Gasteiger partial charge in [0.1, 0.15) is 23.9 Å². The van der Waals surface area contributed by atoms with Crippen LogP contribution in [-0.4, -0.2) is 63.1 Å². The van der Waals surface area contributed by atoms with Gasteiger partial charge in [0.15, 0.2) is 0 Å². The number of H-pyrrole nitrogens is 1. The number of aromatic nitrogens is 3. The van der Waals surface area contributed by atoms with Crippen molar-refractivity contribution in [2.45, 2.75) is 51.5 Å². The van der Waals surface area contributed by atoms with E-state index < -0.39 is 12.7 Å². The van der Waals surface area contributed by atoms with Crippen LogP contribution in [0.5, 0.6) is 0 Å². The fourth-order valence-corrected chi connectivity index (χ4v) is 5.21. The molecule has 0 saturated carbocycles. The number of fused-ring (bicyclic) bond motifs is 2. The van der Waals surface area contributed by atoms with Crippen LogP contribution >= 0.6 is 0 Å². The van der Waals surface area contributed by atoms with Gasteiger partial charge >= 0.3 is 6.18 Å². The van der Waals surface area contributed by atoms with Gasteiger partial charge in [-0.05, 0) is 43.0 Å². The number of piperidine rings is 1. The molecule has 0 bridgehead atoms. The van der Waals surface area contributed by atoms with Crippen LogP contribution in [-0.2, 0) is 19.5 Å². The first kappa shape index (κ1) is 23.6. The summed E-state index contributed by atoms with van der Waals surface area (Å²) in [7, 11) is 0. The van der Waals surface area contributed by atoms with E-state index in [9.17, 15) is 13.2 Å². The Morgan fingerprint density at radius 1 is 1.17 bits per heavy atom. The molecular formula is C25H28F3N7. The Morgan fingerprint density at radius 3 is 2.71 bits per heavy atom. The number of likely N-dealkylation sites (tertiary alicyclic amines) is 1. The van der Waals surface area contributed by atoms with Crippen LogP contribution in [0.4, 0.5) is 19.0 Å². The number of benzene rings is 1. The Labute approximate surface area is 202 Å². The van der Waals surface area contributed by atoms with Crippen LogP contribution in [0.15, 0.2) is 24.5 Å². The fraction of sp³-hybridized carbons (Fsp3) is 0.480. The van der Waals surface area contributed by atoms with E-state index in [1.54, 1.807) is 0 Å². The summed E-state index contributed by atoms with van der Waals surface area (Å²) in [6, 6.07) is 8.45. The number of anilines is 1. The minimum absolute atomic E-state index is 0.214. The molecule has 0 atom stereocenters. The molecule has 5 rings (SSSR count). The number of hydrogen-bond donors (Lipinski definition) is 2. The summed E-state index contributed by atoms with van der Waals surface area (Å²) in [6.45, 7) is 4.43. The van der Waals surface area contributed by atoms with Crippen molar-refractivity contribution in [2.24, 2.45) is 0 Å². The molecular weight excluding hydrogens is 455 g/mol. The highest BCUT2D eigenvalue weighted by Crippen LogP contribution is 2.28. The number of rotatable bonds is 5. The molecule has 2 aliphatic rings. The fourth-order valence-electron chi connectivity index (χ4n) is 5.21. The lowest BCUT2D eigenvalue weighted by Crippen LogP contribution is -2.40. The standard InChI is InChI=1S/C25H28F3N7/c1-16-17(2-3-23-20(16)10-19(11-29)32-23)12-34-7-4-18(5-8-34)33-24-21-13-35(14-25(26,27)28)9-6-22(21)30-15-31-24/h2-3,10,15,18,32H,4-9,12-14H2,1H3,(H,30,31,33). The predicted molar refractivity (Wildman–Crippen MR) is 127 cm³/mol. The third kappa shape index (κ3) is 5.26. The van der Waals surface area contributed by atoms with Gasteiger partial charge in [0, 0.05) is 61.7 Å². The van der Waals surface area contributed by atoms with Crippen LogP contribution in [0, 0.1) is 18.3 Å². The third-order valence-electron chi connectivity index (χ3n) is 7.11. The van der Waals surface area contributed by atoms with Gasteiger partial charge in [0.25, 0.3) is 0 Å². The molecule has 0 radical (unpaired) electrons. The van der Waals surface area contributed by atoms with Gasteiger partial charge in [0.2, 0.25) is 0 Å². The van der Waals surface area contributed by atoms with Crippen molar-refractivity contribution in [3.63, 3.8) is 0 Å². The van der Waals surface area contributed by atoms with E-state index in [1.807, 2.05) is 12.1 Å². The normalized spacial score (nSPS) is 17.9. The van der Waals surface area contributed by atoms with Crippen molar-refractivity contribution in [1.29, 1.82) is 5.26 Å². The van der Waals surface area contributed by atoms with Gasteiger partial charge in [-0.2, -0.15) is 18.4 Å². The highest BCUT2D eigenvalue weighted by molar-refractivity contribution is 5.85. The Hall–Kier alpha value is -3.16. The van der Waals surface area contributed by atoms with Crippen molar-refractivity contribution in [2.75, 3.05) is 31.5 Å². The van der Waals surface area contributed by atoms with Gasteiger partial charge in [-0.25, -0.2) is 9.97 Å². The number of halogens is 3. The van der Waals surface area contributed by atoms with Crippen LogP contribution in [0.25, 0.3) is 10.9 Å². The summed E-state index contributed by atoms with van der Waals surface area (Å²) in [5, 5.41) is 13.8. The molecule has 3 aromatic rings. The van der Waals surface area contributed by atoms with E-state index in [-0.39, 0.29) is 12.6 Å². The molecule has 0 spiro atoms. The average molecular weight is 484 g/mol. The Balaban J connectivity index is 1.20. The van der Waals surface area contributed by atoms with Crippen LogP contribution in [0.2, 0.25) is 0 Å². The molecule has 2 aromatic heterocycles. The van der Waals surface area contributed by atoms with Gasteiger partial charge in [-0.1, -0.05) is 6.07 Å². The van der Waals surface area contributed by atoms with E-state index >= 15 is 0 Å². The topological polar surface area (TPSA) is 83.9 Å². The van der Waals surface area contributed by atoms with Crippen molar-refractivity contribution < 1.29 is 13.2 Å². The molecule has 1 saturated heterocycles. The van der Waals surface area contributed by atoms with E-state index in [1.165, 1.54) is 22.4 Å². The molecule has 7 nitrogen and oxygen atoms in total. The number of hydrogen-bond acceptors (Lipinski definition) is 6. The Kier molecular flexibility index (Phi) is 6.38. The molecule has 4 heterocycles. The number of nitrogens with one attached hydrogen (secondary N) is 2. The highest BCUT2D eigenvalue weighted by Gasteiger charge is 2.33. The molecule has 0 amide bonds. The summed E-state index contributed by atoms with van der Waals surface area (Å²) < 4.78 is 38.7. The zero-order valence-corrected chi connectivity index (χ0v) is 19.6. The van der Waals surface area contributed by atoms with E-state index in [4.69, 9.17) is 5.26 Å². The largest absolute Gasteiger partial charge is 0.401 e. The molecule has 0 unspecified atom stereocenters. The number of aromatic amines is 1. The second-order valence-corrected chi connectivity index (χ2v) is 9.52. The minimum atomic E-state index is -4.21. The molecule has 2 N–H and O–H groups in total. The summed E-state index contributed by atoms with van der Waals surface area (Å²) in [6.07, 6.45) is -0.352. The second-order valence-electron chi connectivity index (χ2n) is 9.52. The zero-order chi connectivity index (χ0) is 24.6.